The SMILES string of the molecule is O=C(NCCN1CCOCC1)Nc1ccccc1COc1ccccc1. The summed E-state index contributed by atoms with van der Waals surface area (Å²) < 4.78 is 11.1. The van der Waals surface area contributed by atoms with Crippen molar-refractivity contribution in [2.24, 2.45) is 0 Å². The second-order valence-corrected chi connectivity index (χ2v) is 6.09. The lowest BCUT2D eigenvalue weighted by atomic mass is 10.2. The van der Waals surface area contributed by atoms with Crippen LogP contribution in [0, 0.1) is 0 Å². The van der Waals surface area contributed by atoms with E-state index in [1.165, 1.54) is 0 Å². The molecule has 2 amide bonds. The van der Waals surface area contributed by atoms with Gasteiger partial charge in [0.1, 0.15) is 12.4 Å². The largest absolute Gasteiger partial charge is 0.489 e. The fraction of sp³-hybridized carbons (Fsp3) is 0.350. The maximum Gasteiger partial charge on any atom is 0.319 e. The van der Waals surface area contributed by atoms with E-state index in [0.717, 1.165) is 49.8 Å². The molecular formula is C20H25N3O3. The van der Waals surface area contributed by atoms with Gasteiger partial charge in [-0.15, -0.1) is 0 Å². The van der Waals surface area contributed by atoms with E-state index in [2.05, 4.69) is 15.5 Å². The van der Waals surface area contributed by atoms with Crippen LogP contribution in [-0.2, 0) is 11.3 Å². The van der Waals surface area contributed by atoms with Crippen LogP contribution in [0.15, 0.2) is 54.6 Å². The third-order valence-corrected chi connectivity index (χ3v) is 4.22. The smallest absolute Gasteiger partial charge is 0.319 e. The van der Waals surface area contributed by atoms with Crippen molar-refractivity contribution in [2.45, 2.75) is 6.61 Å². The van der Waals surface area contributed by atoms with Crippen LogP contribution in [0.25, 0.3) is 0 Å². The molecule has 1 saturated heterocycles. The van der Waals surface area contributed by atoms with Crippen LogP contribution in [0.1, 0.15) is 5.56 Å². The molecule has 6 heteroatoms. The summed E-state index contributed by atoms with van der Waals surface area (Å²) in [5.74, 6) is 0.803. The second-order valence-electron chi connectivity index (χ2n) is 6.09. The van der Waals surface area contributed by atoms with Crippen molar-refractivity contribution in [3.8, 4) is 5.75 Å². The Balaban J connectivity index is 1.46. The van der Waals surface area contributed by atoms with Gasteiger partial charge in [-0.25, -0.2) is 4.79 Å². The number of hydrogen-bond acceptors (Lipinski definition) is 4. The van der Waals surface area contributed by atoms with E-state index in [0.29, 0.717) is 13.2 Å². The van der Waals surface area contributed by atoms with Gasteiger partial charge in [-0.2, -0.15) is 0 Å². The lowest BCUT2D eigenvalue weighted by Crippen LogP contribution is -2.42. The maximum atomic E-state index is 12.2. The molecule has 0 bridgehead atoms. The number of morpholine rings is 1. The molecule has 2 aromatic carbocycles. The van der Waals surface area contributed by atoms with Crippen molar-refractivity contribution in [2.75, 3.05) is 44.7 Å². The minimum Gasteiger partial charge on any atom is -0.489 e. The Hall–Kier alpha value is -2.57. The molecule has 138 valence electrons. The Labute approximate surface area is 154 Å². The molecule has 3 rings (SSSR count). The fourth-order valence-corrected chi connectivity index (χ4v) is 2.76. The molecule has 1 fully saturated rings. The number of anilines is 1. The Morgan fingerprint density at radius 1 is 1.04 bits per heavy atom. The summed E-state index contributed by atoms with van der Waals surface area (Å²) in [7, 11) is 0. The summed E-state index contributed by atoms with van der Waals surface area (Å²) >= 11 is 0. The van der Waals surface area contributed by atoms with E-state index in [1.807, 2.05) is 54.6 Å². The molecular weight excluding hydrogens is 330 g/mol. The number of para-hydroxylation sites is 2. The first-order valence-corrected chi connectivity index (χ1v) is 8.92. The van der Waals surface area contributed by atoms with Crippen molar-refractivity contribution in [1.82, 2.24) is 10.2 Å². The average Bonchev–Trinajstić information content (AvgIpc) is 2.69. The number of ether oxygens (including phenoxy) is 2. The maximum absolute atomic E-state index is 12.2. The molecule has 0 aromatic heterocycles. The number of urea groups is 1. The molecule has 6 nitrogen and oxygen atoms in total. The van der Waals surface area contributed by atoms with Crippen LogP contribution in [0.3, 0.4) is 0 Å². The highest BCUT2D eigenvalue weighted by Gasteiger charge is 2.11. The van der Waals surface area contributed by atoms with Gasteiger partial charge in [-0.05, 0) is 18.2 Å². The molecule has 0 atom stereocenters. The predicted octanol–water partition coefficient (Wildman–Crippen LogP) is 2.72. The van der Waals surface area contributed by atoms with E-state index in [4.69, 9.17) is 9.47 Å². The molecule has 1 heterocycles. The highest BCUT2D eigenvalue weighted by molar-refractivity contribution is 5.90. The van der Waals surface area contributed by atoms with Crippen molar-refractivity contribution in [3.05, 3.63) is 60.2 Å². The Morgan fingerprint density at radius 3 is 2.58 bits per heavy atom. The standard InChI is InChI=1S/C20H25N3O3/c24-20(21-10-11-23-12-14-25-15-13-23)22-19-9-5-4-6-17(19)16-26-18-7-2-1-3-8-18/h1-9H,10-16H2,(H2,21,22,24). The number of rotatable bonds is 7. The number of benzene rings is 2. The van der Waals surface area contributed by atoms with Gasteiger partial charge in [-0.1, -0.05) is 36.4 Å². The molecule has 1 aliphatic heterocycles. The number of amides is 2. The predicted molar refractivity (Wildman–Crippen MR) is 101 cm³/mol. The normalized spacial score (nSPS) is 14.6. The van der Waals surface area contributed by atoms with E-state index in [9.17, 15) is 4.79 Å². The Kier molecular flexibility index (Phi) is 6.87. The summed E-state index contributed by atoms with van der Waals surface area (Å²) in [6.45, 7) is 5.20. The van der Waals surface area contributed by atoms with E-state index in [1.54, 1.807) is 0 Å². The van der Waals surface area contributed by atoms with E-state index >= 15 is 0 Å². The number of hydrogen-bond donors (Lipinski definition) is 2. The van der Waals surface area contributed by atoms with Crippen molar-refractivity contribution in [1.29, 1.82) is 0 Å². The van der Waals surface area contributed by atoms with Crippen molar-refractivity contribution < 1.29 is 14.3 Å². The quantitative estimate of drug-likeness (QED) is 0.802. The minimum atomic E-state index is -0.203. The zero-order valence-corrected chi connectivity index (χ0v) is 14.8. The first-order valence-electron chi connectivity index (χ1n) is 8.92. The van der Waals surface area contributed by atoms with Crippen LogP contribution in [0.2, 0.25) is 0 Å². The summed E-state index contributed by atoms with van der Waals surface area (Å²) in [6, 6.07) is 17.1. The van der Waals surface area contributed by atoms with Crippen LogP contribution in [0.5, 0.6) is 5.75 Å². The lowest BCUT2D eigenvalue weighted by Gasteiger charge is -2.26. The second kappa shape index (κ2) is 9.79. The van der Waals surface area contributed by atoms with Crippen molar-refractivity contribution in [3.63, 3.8) is 0 Å². The van der Waals surface area contributed by atoms with E-state index < -0.39 is 0 Å². The molecule has 2 aromatic rings. The zero-order chi connectivity index (χ0) is 18.0. The molecule has 0 aliphatic carbocycles. The first kappa shape index (κ1) is 18.2. The molecule has 26 heavy (non-hydrogen) atoms. The molecule has 1 aliphatic rings. The monoisotopic (exact) mass is 355 g/mol. The van der Waals surface area contributed by atoms with Gasteiger partial charge >= 0.3 is 6.03 Å². The topological polar surface area (TPSA) is 62.8 Å². The summed E-state index contributed by atoms with van der Waals surface area (Å²) in [6.07, 6.45) is 0. The first-order chi connectivity index (χ1) is 12.8. The third-order valence-electron chi connectivity index (χ3n) is 4.22. The van der Waals surface area contributed by atoms with Gasteiger partial charge in [0.05, 0.1) is 13.2 Å². The number of nitrogens with zero attached hydrogens (tertiary/aromatic N) is 1. The van der Waals surface area contributed by atoms with Gasteiger partial charge in [0.2, 0.25) is 0 Å². The fourth-order valence-electron chi connectivity index (χ4n) is 2.76. The summed E-state index contributed by atoms with van der Waals surface area (Å²) in [4.78, 5) is 14.5. The van der Waals surface area contributed by atoms with Gasteiger partial charge in [-0.3, -0.25) is 4.90 Å². The highest BCUT2D eigenvalue weighted by Crippen LogP contribution is 2.18. The molecule has 0 spiro atoms. The Morgan fingerprint density at radius 2 is 1.77 bits per heavy atom. The van der Waals surface area contributed by atoms with Gasteiger partial charge in [0.25, 0.3) is 0 Å². The number of carbonyl (C=O) groups excluding carboxylic acids is 1. The summed E-state index contributed by atoms with van der Waals surface area (Å²) in [5.41, 5.74) is 1.69. The minimum absolute atomic E-state index is 0.203. The molecule has 0 radical (unpaired) electrons. The zero-order valence-electron chi connectivity index (χ0n) is 14.8. The number of nitrogens with one attached hydrogen (secondary N) is 2. The molecule has 0 saturated carbocycles. The molecule has 0 unspecified atom stereocenters. The van der Waals surface area contributed by atoms with Gasteiger partial charge in [0.15, 0.2) is 0 Å². The number of carbonyl (C=O) groups is 1. The van der Waals surface area contributed by atoms with Gasteiger partial charge in [0, 0.05) is 37.4 Å². The Bertz CT molecular complexity index is 688. The van der Waals surface area contributed by atoms with Crippen LogP contribution in [-0.4, -0.2) is 50.3 Å². The summed E-state index contributed by atoms with van der Waals surface area (Å²) in [5, 5.41) is 5.82. The third kappa shape index (κ3) is 5.75. The van der Waals surface area contributed by atoms with Gasteiger partial charge < -0.3 is 20.1 Å². The highest BCUT2D eigenvalue weighted by atomic mass is 16.5. The lowest BCUT2D eigenvalue weighted by molar-refractivity contribution is 0.0388. The molecule has 2 N–H and O–H groups in total. The van der Waals surface area contributed by atoms with Crippen LogP contribution in [0.4, 0.5) is 10.5 Å². The van der Waals surface area contributed by atoms with Crippen LogP contribution < -0.4 is 15.4 Å². The van der Waals surface area contributed by atoms with Crippen molar-refractivity contribution >= 4 is 11.7 Å². The average molecular weight is 355 g/mol. The van der Waals surface area contributed by atoms with Crippen LogP contribution >= 0.6 is 0 Å². The van der Waals surface area contributed by atoms with E-state index in [-0.39, 0.29) is 6.03 Å².